The summed E-state index contributed by atoms with van der Waals surface area (Å²) in [7, 11) is 3.27. The zero-order valence-corrected chi connectivity index (χ0v) is 22.0. The second-order valence-corrected chi connectivity index (χ2v) is 9.48. The van der Waals surface area contributed by atoms with E-state index in [0.717, 1.165) is 11.1 Å². The fraction of sp³-hybridized carbons (Fsp3) is 0.357. The summed E-state index contributed by atoms with van der Waals surface area (Å²) >= 11 is 0. The van der Waals surface area contributed by atoms with Crippen LogP contribution in [0.1, 0.15) is 24.2 Å². The van der Waals surface area contributed by atoms with Crippen LogP contribution < -0.4 is 14.8 Å². The molecule has 2 aromatic heterocycles. The number of carbonyl (C=O) groups excluding carboxylic acids is 2. The predicted molar refractivity (Wildman–Crippen MR) is 143 cm³/mol. The van der Waals surface area contributed by atoms with Gasteiger partial charge in [-0.3, -0.25) is 9.78 Å². The first kappa shape index (κ1) is 26.9. The van der Waals surface area contributed by atoms with Crippen LogP contribution in [0.2, 0.25) is 0 Å². The van der Waals surface area contributed by atoms with Gasteiger partial charge >= 0.3 is 6.03 Å². The third-order valence-electron chi connectivity index (χ3n) is 6.66. The van der Waals surface area contributed by atoms with Crippen molar-refractivity contribution >= 4 is 17.6 Å². The molecular formula is C28H33N5O5. The van der Waals surface area contributed by atoms with Crippen LogP contribution >= 0.6 is 0 Å². The number of urea groups is 1. The van der Waals surface area contributed by atoms with Gasteiger partial charge < -0.3 is 29.7 Å². The lowest BCUT2D eigenvalue weighted by atomic mass is 9.99. The molecule has 4 rings (SSSR count). The summed E-state index contributed by atoms with van der Waals surface area (Å²) in [6.07, 6.45) is 4.56. The fourth-order valence-corrected chi connectivity index (χ4v) is 4.26. The van der Waals surface area contributed by atoms with Gasteiger partial charge in [0.1, 0.15) is 17.4 Å². The van der Waals surface area contributed by atoms with Crippen LogP contribution in [0, 0.1) is 5.92 Å². The Morgan fingerprint density at radius 3 is 2.68 bits per heavy atom. The maximum absolute atomic E-state index is 13.6. The second-order valence-electron chi connectivity index (χ2n) is 9.48. The van der Waals surface area contributed by atoms with E-state index >= 15 is 0 Å². The van der Waals surface area contributed by atoms with Crippen molar-refractivity contribution < 1.29 is 24.2 Å². The van der Waals surface area contributed by atoms with E-state index in [2.05, 4.69) is 15.3 Å². The van der Waals surface area contributed by atoms with Gasteiger partial charge in [0.2, 0.25) is 5.88 Å². The molecule has 3 aromatic rings. The number of nitrogens with zero attached hydrogens (tertiary/aromatic N) is 4. The van der Waals surface area contributed by atoms with E-state index in [1.54, 1.807) is 74.9 Å². The molecule has 2 N–H and O–H groups in total. The number of benzene rings is 1. The lowest BCUT2D eigenvalue weighted by molar-refractivity contribution is 0.0356. The van der Waals surface area contributed by atoms with Gasteiger partial charge in [-0.15, -0.1) is 0 Å². The predicted octanol–water partition coefficient (Wildman–Crippen LogP) is 3.54. The van der Waals surface area contributed by atoms with E-state index in [0.29, 0.717) is 23.5 Å². The molecular weight excluding hydrogens is 486 g/mol. The molecule has 0 unspecified atom stereocenters. The number of methoxy groups -OCH3 is 1. The lowest BCUT2D eigenvalue weighted by Crippen LogP contribution is -2.50. The van der Waals surface area contributed by atoms with Gasteiger partial charge in [-0.1, -0.05) is 13.0 Å². The van der Waals surface area contributed by atoms with Crippen LogP contribution in [0.5, 0.6) is 11.6 Å². The Labute approximate surface area is 222 Å². The Hall–Kier alpha value is -4.18. The summed E-state index contributed by atoms with van der Waals surface area (Å²) in [5.41, 5.74) is 2.48. The SMILES string of the molecule is COc1ccc(NC(=O)N(C)C[C@@H]2Oc3ncc(-c4cccnc4)cc3C(=O)N([C@@H](C)CO)C[C@H]2C)cc1. The highest BCUT2D eigenvalue weighted by molar-refractivity contribution is 5.98. The van der Waals surface area contributed by atoms with Gasteiger partial charge in [-0.05, 0) is 43.3 Å². The zero-order valence-electron chi connectivity index (χ0n) is 22.0. The van der Waals surface area contributed by atoms with E-state index in [-0.39, 0.29) is 36.9 Å². The van der Waals surface area contributed by atoms with Crippen LogP contribution in [0.15, 0.2) is 61.1 Å². The Morgan fingerprint density at radius 2 is 2.03 bits per heavy atom. The fourth-order valence-electron chi connectivity index (χ4n) is 4.26. The molecule has 0 bridgehead atoms. The van der Waals surface area contributed by atoms with Crippen molar-refractivity contribution in [2.45, 2.75) is 26.0 Å². The number of aliphatic hydroxyl groups is 1. The van der Waals surface area contributed by atoms with Gasteiger partial charge in [0.25, 0.3) is 5.91 Å². The van der Waals surface area contributed by atoms with Gasteiger partial charge in [0.15, 0.2) is 0 Å². The van der Waals surface area contributed by atoms with E-state index in [1.165, 1.54) is 4.90 Å². The van der Waals surface area contributed by atoms with Crippen molar-refractivity contribution in [1.82, 2.24) is 19.8 Å². The highest BCUT2D eigenvalue weighted by Crippen LogP contribution is 2.30. The number of amides is 3. The van der Waals surface area contributed by atoms with E-state index in [9.17, 15) is 14.7 Å². The van der Waals surface area contributed by atoms with Crippen molar-refractivity contribution in [3.63, 3.8) is 0 Å². The topological polar surface area (TPSA) is 117 Å². The van der Waals surface area contributed by atoms with Crippen molar-refractivity contribution in [3.05, 3.63) is 66.6 Å². The number of nitrogens with one attached hydrogen (secondary N) is 1. The van der Waals surface area contributed by atoms with Gasteiger partial charge in [0, 0.05) is 54.9 Å². The largest absolute Gasteiger partial charge is 0.497 e. The number of rotatable bonds is 7. The number of anilines is 1. The number of carbonyl (C=O) groups is 2. The number of likely N-dealkylation sites (N-methyl/N-ethyl adjacent to an activating group) is 1. The molecule has 0 fully saturated rings. The minimum absolute atomic E-state index is 0.155. The van der Waals surface area contributed by atoms with Crippen LogP contribution in [0.25, 0.3) is 11.1 Å². The summed E-state index contributed by atoms with van der Waals surface area (Å²) in [6.45, 7) is 4.17. The second kappa shape index (κ2) is 11.9. The van der Waals surface area contributed by atoms with Gasteiger partial charge in [0.05, 0.1) is 26.3 Å². The monoisotopic (exact) mass is 519 g/mol. The maximum Gasteiger partial charge on any atom is 0.321 e. The standard InChI is InChI=1S/C28H33N5O5/c1-18-15-33(19(2)17-34)27(35)24-12-21(20-6-5-11-29-13-20)14-30-26(24)38-25(18)16-32(3)28(36)31-22-7-9-23(37-4)10-8-22/h5-14,18-19,25,34H,15-17H2,1-4H3,(H,31,36)/t18-,19+,25+/m1/s1. The number of pyridine rings is 2. The van der Waals surface area contributed by atoms with E-state index in [4.69, 9.17) is 9.47 Å². The zero-order chi connectivity index (χ0) is 27.2. The molecule has 200 valence electrons. The Balaban J connectivity index is 1.59. The third-order valence-corrected chi connectivity index (χ3v) is 6.66. The van der Waals surface area contributed by atoms with Crippen molar-refractivity contribution in [1.29, 1.82) is 0 Å². The summed E-state index contributed by atoms with van der Waals surface area (Å²) in [4.78, 5) is 38.4. The molecule has 0 saturated heterocycles. The summed E-state index contributed by atoms with van der Waals surface area (Å²) in [6, 6.07) is 11.8. The highest BCUT2D eigenvalue weighted by atomic mass is 16.5. The minimum atomic E-state index is -0.460. The Kier molecular flexibility index (Phi) is 8.42. The molecule has 3 amide bonds. The van der Waals surface area contributed by atoms with E-state index in [1.807, 2.05) is 19.1 Å². The van der Waals surface area contributed by atoms with Crippen LogP contribution in [0.4, 0.5) is 10.5 Å². The molecule has 3 heterocycles. The Bertz CT molecular complexity index is 1250. The molecule has 0 saturated carbocycles. The average molecular weight is 520 g/mol. The number of aliphatic hydroxyl groups excluding tert-OH is 1. The molecule has 10 nitrogen and oxygen atoms in total. The van der Waals surface area contributed by atoms with Crippen LogP contribution in [-0.2, 0) is 0 Å². The first-order chi connectivity index (χ1) is 18.3. The summed E-state index contributed by atoms with van der Waals surface area (Å²) < 4.78 is 11.5. The average Bonchev–Trinajstić information content (AvgIpc) is 2.95. The smallest absolute Gasteiger partial charge is 0.321 e. The molecule has 1 aromatic carbocycles. The number of fused-ring (bicyclic) bond motifs is 1. The molecule has 1 aliphatic heterocycles. The number of aromatic nitrogens is 2. The molecule has 0 radical (unpaired) electrons. The van der Waals surface area contributed by atoms with Crippen molar-refractivity contribution in [2.75, 3.05) is 39.2 Å². The number of ether oxygens (including phenoxy) is 2. The van der Waals surface area contributed by atoms with Gasteiger partial charge in [-0.25, -0.2) is 9.78 Å². The molecule has 10 heteroatoms. The summed E-state index contributed by atoms with van der Waals surface area (Å²) in [5.74, 6) is 0.466. The lowest BCUT2D eigenvalue weighted by Gasteiger charge is -2.37. The number of hydrogen-bond acceptors (Lipinski definition) is 7. The van der Waals surface area contributed by atoms with Gasteiger partial charge in [-0.2, -0.15) is 0 Å². The van der Waals surface area contributed by atoms with Crippen molar-refractivity contribution in [3.8, 4) is 22.8 Å². The van der Waals surface area contributed by atoms with Crippen LogP contribution in [0.3, 0.4) is 0 Å². The Morgan fingerprint density at radius 1 is 1.26 bits per heavy atom. The molecule has 3 atom stereocenters. The van der Waals surface area contributed by atoms with E-state index < -0.39 is 12.1 Å². The number of hydrogen-bond donors (Lipinski definition) is 2. The first-order valence-corrected chi connectivity index (χ1v) is 12.5. The minimum Gasteiger partial charge on any atom is -0.497 e. The highest BCUT2D eigenvalue weighted by Gasteiger charge is 2.34. The third kappa shape index (κ3) is 6.03. The maximum atomic E-state index is 13.6. The normalized spacial score (nSPS) is 17.9. The summed E-state index contributed by atoms with van der Waals surface area (Å²) in [5, 5.41) is 12.7. The molecule has 1 aliphatic rings. The molecule has 0 spiro atoms. The molecule has 0 aliphatic carbocycles. The van der Waals surface area contributed by atoms with Crippen LogP contribution in [-0.4, -0.2) is 82.8 Å². The first-order valence-electron chi connectivity index (χ1n) is 12.5. The quantitative estimate of drug-likeness (QED) is 0.490. The molecule has 38 heavy (non-hydrogen) atoms. The van der Waals surface area contributed by atoms with Crippen molar-refractivity contribution in [2.24, 2.45) is 5.92 Å².